The molecule has 5 rings (SSSR count). The minimum Gasteiger partial charge on any atom is -0.488 e. The standard InChI is InChI=1S/C26H32F2N8O3/c1-15-7-32-36-10-17(6-22(25(15)36)39-14-23(37-3)26-30-8-18(27)9-31-26)24(16(2)29)34-33-21-4-5-35(11-20(21)28)19-12-38-13-19/h6-10,19-21,23,29,33H,4-5,11-14H2,1-3H3/b29-16?,34-24+/t20-,21?,23+/m0/s1. The van der Waals surface area contributed by atoms with Crippen molar-refractivity contribution in [3.8, 4) is 5.75 Å². The van der Waals surface area contributed by atoms with Gasteiger partial charge in [-0.3, -0.25) is 4.90 Å². The second-order valence-corrected chi connectivity index (χ2v) is 9.82. The molecule has 3 atom stereocenters. The normalized spacial score (nSPS) is 21.5. The summed E-state index contributed by atoms with van der Waals surface area (Å²) < 4.78 is 46.8. The summed E-state index contributed by atoms with van der Waals surface area (Å²) in [5.74, 6) is 0.230. The Balaban J connectivity index is 1.36. The third-order valence-electron chi connectivity index (χ3n) is 7.04. The smallest absolute Gasteiger partial charge is 0.160 e. The number of aryl methyl sites for hydroxylation is 1. The number of halogens is 2. The maximum absolute atomic E-state index is 15.0. The highest BCUT2D eigenvalue weighted by Gasteiger charge is 2.35. The Bertz CT molecular complexity index is 1340. The van der Waals surface area contributed by atoms with E-state index in [1.54, 1.807) is 29.9 Å². The maximum Gasteiger partial charge on any atom is 0.160 e. The van der Waals surface area contributed by atoms with Crippen molar-refractivity contribution in [3.63, 3.8) is 0 Å². The molecule has 39 heavy (non-hydrogen) atoms. The second-order valence-electron chi connectivity index (χ2n) is 9.82. The third kappa shape index (κ3) is 5.89. The summed E-state index contributed by atoms with van der Waals surface area (Å²) in [5, 5.41) is 17.3. The van der Waals surface area contributed by atoms with E-state index >= 15 is 0 Å². The highest BCUT2D eigenvalue weighted by Crippen LogP contribution is 2.27. The fourth-order valence-corrected chi connectivity index (χ4v) is 4.73. The number of hydrogen-bond acceptors (Lipinski definition) is 10. The van der Waals surface area contributed by atoms with Crippen LogP contribution >= 0.6 is 0 Å². The first-order valence-electron chi connectivity index (χ1n) is 12.8. The van der Waals surface area contributed by atoms with Crippen LogP contribution in [-0.4, -0.2) is 94.2 Å². The molecule has 2 fully saturated rings. The highest BCUT2D eigenvalue weighted by molar-refractivity contribution is 6.46. The Labute approximate surface area is 224 Å². The number of likely N-dealkylation sites (tertiary alicyclic amines) is 1. The molecule has 1 unspecified atom stereocenters. The molecule has 3 aromatic heterocycles. The number of rotatable bonds is 10. The van der Waals surface area contributed by atoms with Gasteiger partial charge in [-0.1, -0.05) is 0 Å². The Kier molecular flexibility index (Phi) is 8.10. The summed E-state index contributed by atoms with van der Waals surface area (Å²) in [6.45, 7) is 5.98. The zero-order chi connectivity index (χ0) is 27.5. The molecule has 11 nitrogen and oxygen atoms in total. The van der Waals surface area contributed by atoms with Crippen molar-refractivity contribution < 1.29 is 23.0 Å². The molecule has 0 amide bonds. The van der Waals surface area contributed by atoms with Gasteiger partial charge in [0.2, 0.25) is 0 Å². The van der Waals surface area contributed by atoms with E-state index in [0.717, 1.165) is 30.0 Å². The second kappa shape index (κ2) is 11.7. The number of nitrogens with zero attached hydrogens (tertiary/aromatic N) is 6. The van der Waals surface area contributed by atoms with Gasteiger partial charge in [-0.05, 0) is 31.9 Å². The Morgan fingerprint density at radius 2 is 2.08 bits per heavy atom. The first-order valence-corrected chi connectivity index (χ1v) is 12.8. The molecule has 0 aromatic carbocycles. The monoisotopic (exact) mass is 542 g/mol. The molecule has 5 heterocycles. The lowest BCUT2D eigenvalue weighted by molar-refractivity contribution is -0.0818. The number of hydrazone groups is 1. The molecule has 0 radical (unpaired) electrons. The van der Waals surface area contributed by atoms with E-state index in [4.69, 9.17) is 19.6 Å². The van der Waals surface area contributed by atoms with E-state index in [9.17, 15) is 8.78 Å². The van der Waals surface area contributed by atoms with E-state index in [1.807, 2.05) is 6.92 Å². The molecule has 2 N–H and O–H groups in total. The summed E-state index contributed by atoms with van der Waals surface area (Å²) in [6, 6.07) is 1.61. The lowest BCUT2D eigenvalue weighted by Gasteiger charge is -2.42. The van der Waals surface area contributed by atoms with Crippen molar-refractivity contribution in [2.75, 3.05) is 40.0 Å². The number of fused-ring (bicyclic) bond motifs is 1. The van der Waals surface area contributed by atoms with Crippen molar-refractivity contribution in [1.82, 2.24) is 29.9 Å². The van der Waals surface area contributed by atoms with E-state index < -0.39 is 24.1 Å². The number of nitrogens with one attached hydrogen (secondary N) is 2. The molecular weight excluding hydrogens is 510 g/mol. The molecule has 0 saturated carbocycles. The van der Waals surface area contributed by atoms with Gasteiger partial charge in [0.1, 0.15) is 29.8 Å². The van der Waals surface area contributed by atoms with Gasteiger partial charge < -0.3 is 25.0 Å². The first kappa shape index (κ1) is 27.0. The zero-order valence-corrected chi connectivity index (χ0v) is 22.1. The van der Waals surface area contributed by atoms with Gasteiger partial charge in [-0.15, -0.1) is 0 Å². The summed E-state index contributed by atoms with van der Waals surface area (Å²) in [7, 11) is 1.49. The van der Waals surface area contributed by atoms with E-state index in [2.05, 4.69) is 30.5 Å². The number of pyridine rings is 1. The Morgan fingerprint density at radius 3 is 2.72 bits per heavy atom. The molecule has 0 aliphatic carbocycles. The number of aromatic nitrogens is 4. The number of piperidine rings is 1. The van der Waals surface area contributed by atoms with Crippen molar-refractivity contribution in [3.05, 3.63) is 53.6 Å². The van der Waals surface area contributed by atoms with Crippen LogP contribution in [0.4, 0.5) is 8.78 Å². The van der Waals surface area contributed by atoms with Crippen LogP contribution in [-0.2, 0) is 9.47 Å². The largest absolute Gasteiger partial charge is 0.488 e. The molecule has 0 spiro atoms. The van der Waals surface area contributed by atoms with Crippen LogP contribution in [0.5, 0.6) is 5.75 Å². The zero-order valence-electron chi connectivity index (χ0n) is 22.1. The average molecular weight is 543 g/mol. The van der Waals surface area contributed by atoms with Gasteiger partial charge in [0.15, 0.2) is 17.7 Å². The molecule has 13 heteroatoms. The molecule has 208 valence electrons. The predicted octanol–water partition coefficient (Wildman–Crippen LogP) is 2.48. The minimum atomic E-state index is -1.09. The number of ether oxygens (including phenoxy) is 3. The lowest BCUT2D eigenvalue weighted by Crippen LogP contribution is -2.57. The molecular formula is C26H32F2N8O3. The van der Waals surface area contributed by atoms with Gasteiger partial charge in [0, 0.05) is 32.0 Å². The molecule has 2 aliphatic heterocycles. The SMILES string of the molecule is CO[C@H](COc1cc(/C(=N/NC2CCN(C3COC3)C[C@@H]2F)C(C)=N)cn2ncc(C)c12)c1ncc(F)cn1. The van der Waals surface area contributed by atoms with E-state index in [-0.39, 0.29) is 18.1 Å². The summed E-state index contributed by atoms with van der Waals surface area (Å²) in [4.78, 5) is 10.1. The van der Waals surface area contributed by atoms with Gasteiger partial charge in [0.05, 0.1) is 49.6 Å². The van der Waals surface area contributed by atoms with Crippen LogP contribution in [0, 0.1) is 18.2 Å². The molecule has 2 aliphatic rings. The topological polar surface area (TPSA) is 122 Å². The van der Waals surface area contributed by atoms with Gasteiger partial charge >= 0.3 is 0 Å². The number of hydrogen-bond donors (Lipinski definition) is 2. The first-order chi connectivity index (χ1) is 18.8. The Hall–Kier alpha value is -3.55. The number of methoxy groups -OCH3 is 1. The Morgan fingerprint density at radius 1 is 1.31 bits per heavy atom. The average Bonchev–Trinajstić information content (AvgIpc) is 3.26. The highest BCUT2D eigenvalue weighted by atomic mass is 19.1. The van der Waals surface area contributed by atoms with Crippen molar-refractivity contribution in [2.45, 2.75) is 44.6 Å². The van der Waals surface area contributed by atoms with Gasteiger partial charge in [-0.2, -0.15) is 10.2 Å². The lowest BCUT2D eigenvalue weighted by atomic mass is 10.0. The summed E-state index contributed by atoms with van der Waals surface area (Å²) in [5.41, 5.74) is 5.73. The summed E-state index contributed by atoms with van der Waals surface area (Å²) in [6.07, 6.45) is 4.48. The fourth-order valence-electron chi connectivity index (χ4n) is 4.73. The molecule has 0 bridgehead atoms. The fraction of sp³-hybridized carbons (Fsp3) is 0.500. The number of alkyl halides is 1. The minimum absolute atomic E-state index is 0.0499. The summed E-state index contributed by atoms with van der Waals surface area (Å²) >= 11 is 0. The van der Waals surface area contributed by atoms with E-state index in [1.165, 1.54) is 7.11 Å². The van der Waals surface area contributed by atoms with Crippen LogP contribution in [0.2, 0.25) is 0 Å². The van der Waals surface area contributed by atoms with Crippen LogP contribution in [0.1, 0.15) is 36.4 Å². The predicted molar refractivity (Wildman–Crippen MR) is 140 cm³/mol. The maximum atomic E-state index is 15.0. The van der Waals surface area contributed by atoms with Crippen molar-refractivity contribution in [2.24, 2.45) is 5.10 Å². The van der Waals surface area contributed by atoms with Crippen LogP contribution in [0.15, 0.2) is 36.0 Å². The molecule has 3 aromatic rings. The van der Waals surface area contributed by atoms with Crippen LogP contribution < -0.4 is 10.2 Å². The molecule has 2 saturated heterocycles. The third-order valence-corrected chi connectivity index (χ3v) is 7.04. The van der Waals surface area contributed by atoms with Gasteiger partial charge in [0.25, 0.3) is 0 Å². The van der Waals surface area contributed by atoms with Crippen LogP contribution in [0.25, 0.3) is 5.52 Å². The van der Waals surface area contributed by atoms with Crippen LogP contribution in [0.3, 0.4) is 0 Å². The van der Waals surface area contributed by atoms with E-state index in [0.29, 0.717) is 49.2 Å². The van der Waals surface area contributed by atoms with Crippen molar-refractivity contribution >= 4 is 16.9 Å². The van der Waals surface area contributed by atoms with Crippen molar-refractivity contribution in [1.29, 1.82) is 5.41 Å². The quantitative estimate of drug-likeness (QED) is 0.296. The van der Waals surface area contributed by atoms with Gasteiger partial charge in [-0.25, -0.2) is 23.3 Å².